The number of hydrogen-bond donors (Lipinski definition) is 1. The molecule has 0 spiro atoms. The number of nitrogens with one attached hydrogen (secondary N) is 1. The molecule has 0 aromatic heterocycles. The van der Waals surface area contributed by atoms with Crippen LogP contribution in [0.1, 0.15) is 19.4 Å². The number of anilines is 1. The summed E-state index contributed by atoms with van der Waals surface area (Å²) in [7, 11) is 1.60. The van der Waals surface area contributed by atoms with Crippen molar-refractivity contribution in [3.63, 3.8) is 0 Å². The lowest BCUT2D eigenvalue weighted by atomic mass is 10.2. The average Bonchev–Trinajstić information content (AvgIpc) is 2.64. The highest BCUT2D eigenvalue weighted by Crippen LogP contribution is 2.30. The molecule has 0 radical (unpaired) electrons. The molecule has 6 heteroatoms. The zero-order valence-corrected chi connectivity index (χ0v) is 15.3. The van der Waals surface area contributed by atoms with Gasteiger partial charge in [-0.05, 0) is 31.5 Å². The second-order valence-electron chi connectivity index (χ2n) is 5.63. The van der Waals surface area contributed by atoms with Gasteiger partial charge >= 0.3 is 11.8 Å². The van der Waals surface area contributed by atoms with Crippen molar-refractivity contribution >= 4 is 17.5 Å². The Morgan fingerprint density at radius 3 is 2.27 bits per heavy atom. The Balaban J connectivity index is 2.03. The molecule has 2 rings (SSSR count). The molecule has 0 aliphatic carbocycles. The van der Waals surface area contributed by atoms with Crippen LogP contribution in [0.15, 0.2) is 48.5 Å². The van der Waals surface area contributed by atoms with E-state index >= 15 is 0 Å². The van der Waals surface area contributed by atoms with E-state index in [4.69, 9.17) is 9.47 Å². The lowest BCUT2D eigenvalue weighted by molar-refractivity contribution is -0.142. The Morgan fingerprint density at radius 1 is 0.962 bits per heavy atom. The predicted molar refractivity (Wildman–Crippen MR) is 100 cm³/mol. The van der Waals surface area contributed by atoms with Crippen LogP contribution in [0.2, 0.25) is 0 Å². The maximum absolute atomic E-state index is 12.3. The summed E-state index contributed by atoms with van der Waals surface area (Å²) in [5.41, 5.74) is 1.43. The standard InChI is InChI=1S/C20H24N2O4/c1-4-25-17-12-11-16(13-18(17)26-5-2)21-19(23)20(24)22(3)14-15-9-7-6-8-10-15/h6-13H,4-5,14H2,1-3H3,(H,21,23). The quantitative estimate of drug-likeness (QED) is 0.774. The van der Waals surface area contributed by atoms with Gasteiger partial charge < -0.3 is 19.7 Å². The molecule has 1 N–H and O–H groups in total. The molecule has 0 aliphatic rings. The molecule has 0 aliphatic heterocycles. The Bertz CT molecular complexity index is 747. The van der Waals surface area contributed by atoms with Crippen LogP contribution in [0.3, 0.4) is 0 Å². The predicted octanol–water partition coefficient (Wildman–Crippen LogP) is 3.08. The molecule has 0 unspecified atom stereocenters. The number of benzene rings is 2. The third-order valence-corrected chi connectivity index (χ3v) is 3.60. The van der Waals surface area contributed by atoms with Gasteiger partial charge in [-0.25, -0.2) is 0 Å². The summed E-state index contributed by atoms with van der Waals surface area (Å²) in [6.45, 7) is 5.08. The van der Waals surface area contributed by atoms with Gasteiger partial charge in [-0.15, -0.1) is 0 Å². The lowest BCUT2D eigenvalue weighted by Crippen LogP contribution is -2.36. The molecule has 26 heavy (non-hydrogen) atoms. The van der Waals surface area contributed by atoms with Gasteiger partial charge in [0, 0.05) is 25.3 Å². The molecule has 6 nitrogen and oxygen atoms in total. The van der Waals surface area contributed by atoms with Crippen molar-refractivity contribution in [2.75, 3.05) is 25.6 Å². The van der Waals surface area contributed by atoms with Gasteiger partial charge in [0.15, 0.2) is 11.5 Å². The van der Waals surface area contributed by atoms with E-state index < -0.39 is 11.8 Å². The fourth-order valence-electron chi connectivity index (χ4n) is 2.42. The van der Waals surface area contributed by atoms with E-state index in [0.717, 1.165) is 5.56 Å². The van der Waals surface area contributed by atoms with Crippen LogP contribution in [-0.2, 0) is 16.1 Å². The van der Waals surface area contributed by atoms with E-state index in [1.165, 1.54) is 4.90 Å². The third-order valence-electron chi connectivity index (χ3n) is 3.60. The van der Waals surface area contributed by atoms with E-state index in [0.29, 0.717) is 36.9 Å². The number of likely N-dealkylation sites (N-methyl/N-ethyl adjacent to an activating group) is 1. The second-order valence-corrected chi connectivity index (χ2v) is 5.63. The van der Waals surface area contributed by atoms with Crippen molar-refractivity contribution in [1.29, 1.82) is 0 Å². The molecule has 0 heterocycles. The molecule has 0 saturated heterocycles. The number of nitrogens with zero attached hydrogens (tertiary/aromatic N) is 1. The molecule has 138 valence electrons. The molecular formula is C20H24N2O4. The molecule has 0 bridgehead atoms. The number of carbonyl (C=O) groups excluding carboxylic acids is 2. The van der Waals surface area contributed by atoms with Crippen molar-refractivity contribution < 1.29 is 19.1 Å². The van der Waals surface area contributed by atoms with Crippen LogP contribution in [0.25, 0.3) is 0 Å². The molecule has 0 atom stereocenters. The third kappa shape index (κ3) is 5.24. The zero-order valence-electron chi connectivity index (χ0n) is 15.3. The average molecular weight is 356 g/mol. The summed E-state index contributed by atoms with van der Waals surface area (Å²) in [6.07, 6.45) is 0. The molecule has 2 amide bonds. The summed E-state index contributed by atoms with van der Waals surface area (Å²) >= 11 is 0. The van der Waals surface area contributed by atoms with Gasteiger partial charge in [0.05, 0.1) is 13.2 Å². The summed E-state index contributed by atoms with van der Waals surface area (Å²) in [6, 6.07) is 14.5. The SMILES string of the molecule is CCOc1ccc(NC(=O)C(=O)N(C)Cc2ccccc2)cc1OCC. The van der Waals surface area contributed by atoms with E-state index in [9.17, 15) is 9.59 Å². The van der Waals surface area contributed by atoms with Crippen molar-refractivity contribution in [2.45, 2.75) is 20.4 Å². The van der Waals surface area contributed by atoms with Crippen molar-refractivity contribution in [2.24, 2.45) is 0 Å². The molecule has 2 aromatic carbocycles. The van der Waals surface area contributed by atoms with Crippen LogP contribution in [0, 0.1) is 0 Å². The summed E-state index contributed by atoms with van der Waals surface area (Å²) in [5.74, 6) is -0.187. The minimum absolute atomic E-state index is 0.362. The molecule has 0 fully saturated rings. The van der Waals surface area contributed by atoms with Gasteiger partial charge in [-0.2, -0.15) is 0 Å². The zero-order chi connectivity index (χ0) is 18.9. The van der Waals surface area contributed by atoms with Crippen molar-refractivity contribution in [1.82, 2.24) is 4.90 Å². The number of hydrogen-bond acceptors (Lipinski definition) is 4. The number of amides is 2. The number of rotatable bonds is 7. The van der Waals surface area contributed by atoms with Crippen LogP contribution >= 0.6 is 0 Å². The molecular weight excluding hydrogens is 332 g/mol. The monoisotopic (exact) mass is 356 g/mol. The van der Waals surface area contributed by atoms with Crippen LogP contribution in [0.4, 0.5) is 5.69 Å². The van der Waals surface area contributed by atoms with Gasteiger partial charge in [0.2, 0.25) is 0 Å². The van der Waals surface area contributed by atoms with Gasteiger partial charge in [0.25, 0.3) is 0 Å². The maximum Gasteiger partial charge on any atom is 0.313 e. The lowest BCUT2D eigenvalue weighted by Gasteiger charge is -2.17. The first-order valence-corrected chi connectivity index (χ1v) is 8.55. The smallest absolute Gasteiger partial charge is 0.313 e. The van der Waals surface area contributed by atoms with Crippen LogP contribution < -0.4 is 14.8 Å². The Labute approximate surface area is 153 Å². The second kappa shape index (κ2) is 9.46. The van der Waals surface area contributed by atoms with Gasteiger partial charge in [-0.3, -0.25) is 9.59 Å². The largest absolute Gasteiger partial charge is 0.490 e. The minimum Gasteiger partial charge on any atom is -0.490 e. The Hall–Kier alpha value is -3.02. The highest BCUT2D eigenvalue weighted by atomic mass is 16.5. The van der Waals surface area contributed by atoms with E-state index in [1.807, 2.05) is 44.2 Å². The summed E-state index contributed by atoms with van der Waals surface area (Å²) in [5, 5.41) is 2.61. The van der Waals surface area contributed by atoms with Gasteiger partial charge in [-0.1, -0.05) is 30.3 Å². The Kier molecular flexibility index (Phi) is 7.02. The molecule has 0 saturated carbocycles. The van der Waals surface area contributed by atoms with E-state index in [-0.39, 0.29) is 0 Å². The maximum atomic E-state index is 12.3. The fraction of sp³-hybridized carbons (Fsp3) is 0.300. The number of ether oxygens (including phenoxy) is 2. The van der Waals surface area contributed by atoms with Crippen LogP contribution in [0.5, 0.6) is 11.5 Å². The van der Waals surface area contributed by atoms with Crippen molar-refractivity contribution in [3.8, 4) is 11.5 Å². The molecule has 2 aromatic rings. The highest BCUT2D eigenvalue weighted by Gasteiger charge is 2.19. The first-order valence-electron chi connectivity index (χ1n) is 8.55. The van der Waals surface area contributed by atoms with Crippen molar-refractivity contribution in [3.05, 3.63) is 54.1 Å². The van der Waals surface area contributed by atoms with E-state index in [1.54, 1.807) is 25.2 Å². The fourth-order valence-corrected chi connectivity index (χ4v) is 2.42. The first kappa shape index (κ1) is 19.3. The Morgan fingerprint density at radius 2 is 1.62 bits per heavy atom. The minimum atomic E-state index is -0.699. The highest BCUT2D eigenvalue weighted by molar-refractivity contribution is 6.39. The topological polar surface area (TPSA) is 67.9 Å². The summed E-state index contributed by atoms with van der Waals surface area (Å²) < 4.78 is 11.0. The van der Waals surface area contributed by atoms with Gasteiger partial charge in [0.1, 0.15) is 0 Å². The number of carbonyl (C=O) groups is 2. The summed E-state index contributed by atoms with van der Waals surface area (Å²) in [4.78, 5) is 25.9. The van der Waals surface area contributed by atoms with Crippen LogP contribution in [-0.4, -0.2) is 37.0 Å². The normalized spacial score (nSPS) is 10.1. The first-order chi connectivity index (χ1) is 12.5. The van der Waals surface area contributed by atoms with E-state index in [2.05, 4.69) is 5.32 Å².